The number of aliphatic hydroxyl groups excluding tert-OH is 1. The molecule has 1 saturated heterocycles. The first-order chi connectivity index (χ1) is 10.2. The highest BCUT2D eigenvalue weighted by molar-refractivity contribution is 6.70. The minimum Gasteiger partial charge on any atom is -0.415 e. The summed E-state index contributed by atoms with van der Waals surface area (Å²) < 4.78 is 24.2. The summed E-state index contributed by atoms with van der Waals surface area (Å²) in [6, 6.07) is 0. The zero-order valence-corrected chi connectivity index (χ0v) is 19.3. The summed E-state index contributed by atoms with van der Waals surface area (Å²) in [6.45, 7) is 19.8. The van der Waals surface area contributed by atoms with Crippen LogP contribution in [0.4, 0.5) is 0 Å². The summed E-state index contributed by atoms with van der Waals surface area (Å²) in [5.74, 6) is 0. The summed E-state index contributed by atoms with van der Waals surface area (Å²) >= 11 is 0. The van der Waals surface area contributed by atoms with E-state index in [0.29, 0.717) is 13.0 Å². The minimum absolute atomic E-state index is 0.132. The normalized spacial score (nSPS) is 30.5. The SMILES string of the molecule is C[Si](C)(C)OC[C@@H]1C[C@H](O[Si](C)(C)C)[C@@H](O[Si](C)(C)C)[C@@H](O)O1. The monoisotopic (exact) mass is 380 g/mol. The smallest absolute Gasteiger partial charge is 0.184 e. The molecule has 0 saturated carbocycles. The van der Waals surface area contributed by atoms with E-state index in [-0.39, 0.29) is 12.2 Å². The fourth-order valence-electron chi connectivity index (χ4n) is 2.47. The molecule has 0 aromatic rings. The van der Waals surface area contributed by atoms with Crippen molar-refractivity contribution in [2.45, 2.75) is 89.9 Å². The highest BCUT2D eigenvalue weighted by Gasteiger charge is 2.43. The van der Waals surface area contributed by atoms with Crippen molar-refractivity contribution in [1.29, 1.82) is 0 Å². The van der Waals surface area contributed by atoms with E-state index in [0.717, 1.165) is 0 Å². The molecule has 5 nitrogen and oxygen atoms in total. The van der Waals surface area contributed by atoms with E-state index in [2.05, 4.69) is 58.9 Å². The zero-order chi connectivity index (χ0) is 18.1. The van der Waals surface area contributed by atoms with Crippen molar-refractivity contribution < 1.29 is 23.1 Å². The van der Waals surface area contributed by atoms with Crippen LogP contribution in [0, 0.1) is 0 Å². The van der Waals surface area contributed by atoms with Gasteiger partial charge in [-0.1, -0.05) is 0 Å². The second-order valence-electron chi connectivity index (χ2n) is 9.27. The summed E-state index contributed by atoms with van der Waals surface area (Å²) in [4.78, 5) is 0. The maximum absolute atomic E-state index is 10.5. The van der Waals surface area contributed by atoms with Crippen LogP contribution in [0.3, 0.4) is 0 Å². The highest BCUT2D eigenvalue weighted by Crippen LogP contribution is 2.29. The Balaban J connectivity index is 2.80. The summed E-state index contributed by atoms with van der Waals surface area (Å²) in [6.07, 6.45) is -0.920. The van der Waals surface area contributed by atoms with Gasteiger partial charge in [-0.2, -0.15) is 0 Å². The lowest BCUT2D eigenvalue weighted by molar-refractivity contribution is -0.243. The molecular formula is C15H36O5Si3. The van der Waals surface area contributed by atoms with E-state index in [1.165, 1.54) is 0 Å². The predicted octanol–water partition coefficient (Wildman–Crippen LogP) is 3.39. The third-order valence-corrected chi connectivity index (χ3v) is 6.19. The van der Waals surface area contributed by atoms with Crippen LogP contribution in [-0.4, -0.2) is 61.3 Å². The maximum atomic E-state index is 10.5. The first-order valence-electron chi connectivity index (χ1n) is 8.49. The molecule has 23 heavy (non-hydrogen) atoms. The van der Waals surface area contributed by atoms with Crippen molar-refractivity contribution >= 4 is 25.0 Å². The average molecular weight is 381 g/mol. The van der Waals surface area contributed by atoms with Gasteiger partial charge < -0.3 is 23.1 Å². The van der Waals surface area contributed by atoms with Gasteiger partial charge in [0.05, 0.1) is 18.8 Å². The molecule has 0 aromatic carbocycles. The molecule has 1 rings (SSSR count). The standard InChI is InChI=1S/C15H36O5Si3/c1-21(2,3)17-11-12-10-13(19-22(4,5)6)14(15(16)18-12)20-23(7,8)9/h12-16H,10-11H2,1-9H3/t12-,13-,14+,15-/m0/s1. The van der Waals surface area contributed by atoms with Crippen LogP contribution in [0.1, 0.15) is 6.42 Å². The molecule has 0 unspecified atom stereocenters. The van der Waals surface area contributed by atoms with E-state index in [4.69, 9.17) is 18.0 Å². The molecule has 0 spiro atoms. The van der Waals surface area contributed by atoms with Gasteiger partial charge >= 0.3 is 0 Å². The van der Waals surface area contributed by atoms with Gasteiger partial charge in [-0.05, 0) is 58.9 Å². The molecule has 1 N–H and O–H groups in total. The first-order valence-corrected chi connectivity index (χ1v) is 18.7. The Morgan fingerprint density at radius 2 is 1.39 bits per heavy atom. The lowest BCUT2D eigenvalue weighted by Crippen LogP contribution is -2.57. The number of aliphatic hydroxyl groups is 1. The van der Waals surface area contributed by atoms with Gasteiger partial charge in [-0.3, -0.25) is 0 Å². The minimum atomic E-state index is -1.80. The molecule has 1 aliphatic heterocycles. The molecule has 1 heterocycles. The number of hydrogen-bond donors (Lipinski definition) is 1. The molecule has 1 fully saturated rings. The summed E-state index contributed by atoms with van der Waals surface area (Å²) in [5.41, 5.74) is 0. The van der Waals surface area contributed by atoms with Crippen molar-refractivity contribution in [3.63, 3.8) is 0 Å². The second-order valence-corrected chi connectivity index (χ2v) is 22.7. The third kappa shape index (κ3) is 8.92. The predicted molar refractivity (Wildman–Crippen MR) is 101 cm³/mol. The van der Waals surface area contributed by atoms with E-state index in [9.17, 15) is 5.11 Å². The van der Waals surface area contributed by atoms with Gasteiger partial charge in [0, 0.05) is 6.42 Å². The third-order valence-electron chi connectivity index (χ3n) is 3.17. The molecule has 0 aromatic heterocycles. The van der Waals surface area contributed by atoms with Gasteiger partial charge in [-0.15, -0.1) is 0 Å². The van der Waals surface area contributed by atoms with Crippen LogP contribution >= 0.6 is 0 Å². The van der Waals surface area contributed by atoms with Gasteiger partial charge in [-0.25, -0.2) is 0 Å². The van der Waals surface area contributed by atoms with Gasteiger partial charge in [0.15, 0.2) is 31.2 Å². The Morgan fingerprint density at radius 1 is 0.870 bits per heavy atom. The second kappa shape index (κ2) is 7.77. The average Bonchev–Trinajstić information content (AvgIpc) is 2.27. The molecule has 0 bridgehead atoms. The van der Waals surface area contributed by atoms with E-state index < -0.39 is 37.3 Å². The maximum Gasteiger partial charge on any atom is 0.184 e. The molecule has 0 radical (unpaired) electrons. The highest BCUT2D eigenvalue weighted by atomic mass is 28.4. The zero-order valence-electron chi connectivity index (χ0n) is 16.3. The van der Waals surface area contributed by atoms with Crippen LogP contribution in [0.25, 0.3) is 0 Å². The van der Waals surface area contributed by atoms with Crippen LogP contribution in [0.5, 0.6) is 0 Å². The number of ether oxygens (including phenoxy) is 1. The molecule has 0 amide bonds. The number of hydrogen-bond acceptors (Lipinski definition) is 5. The van der Waals surface area contributed by atoms with Crippen LogP contribution in [0.15, 0.2) is 0 Å². The molecule has 1 aliphatic rings. The van der Waals surface area contributed by atoms with Crippen molar-refractivity contribution in [3.05, 3.63) is 0 Å². The topological polar surface area (TPSA) is 57.2 Å². The summed E-state index contributed by atoms with van der Waals surface area (Å²) in [5, 5.41) is 10.5. The largest absolute Gasteiger partial charge is 0.415 e. The van der Waals surface area contributed by atoms with Crippen molar-refractivity contribution in [2.24, 2.45) is 0 Å². The quantitative estimate of drug-likeness (QED) is 0.686. The molecule has 8 heteroatoms. The Kier molecular flexibility index (Phi) is 7.27. The van der Waals surface area contributed by atoms with Gasteiger partial charge in [0.2, 0.25) is 0 Å². The Labute approximate surface area is 145 Å². The van der Waals surface area contributed by atoms with Crippen LogP contribution in [-0.2, 0) is 18.0 Å². The first kappa shape index (κ1) is 21.5. The molecular weight excluding hydrogens is 344 g/mol. The summed E-state index contributed by atoms with van der Waals surface area (Å²) in [7, 11) is -5.15. The van der Waals surface area contributed by atoms with Gasteiger partial charge in [0.25, 0.3) is 0 Å². The van der Waals surface area contributed by atoms with E-state index in [1.807, 2.05) is 0 Å². The lowest BCUT2D eigenvalue weighted by Gasteiger charge is -2.44. The van der Waals surface area contributed by atoms with Gasteiger partial charge in [0.1, 0.15) is 6.10 Å². The van der Waals surface area contributed by atoms with Crippen LogP contribution < -0.4 is 0 Å². The van der Waals surface area contributed by atoms with E-state index >= 15 is 0 Å². The number of rotatable bonds is 7. The molecule has 4 atom stereocenters. The fourth-order valence-corrected chi connectivity index (χ4v) is 5.38. The van der Waals surface area contributed by atoms with Crippen molar-refractivity contribution in [1.82, 2.24) is 0 Å². The lowest BCUT2D eigenvalue weighted by atomic mass is 10.0. The molecule has 0 aliphatic carbocycles. The van der Waals surface area contributed by atoms with E-state index in [1.54, 1.807) is 0 Å². The van der Waals surface area contributed by atoms with Crippen molar-refractivity contribution in [3.8, 4) is 0 Å². The fraction of sp³-hybridized carbons (Fsp3) is 1.00. The van der Waals surface area contributed by atoms with Crippen molar-refractivity contribution in [2.75, 3.05) is 6.61 Å². The Morgan fingerprint density at radius 3 is 1.83 bits per heavy atom. The Hall–Kier alpha value is 0.451. The molecule has 138 valence electrons. The van der Waals surface area contributed by atoms with Crippen LogP contribution in [0.2, 0.25) is 58.9 Å². The Bertz CT molecular complexity index is 373.